The van der Waals surface area contributed by atoms with Gasteiger partial charge in [0.25, 0.3) is 0 Å². The number of halogens is 1. The lowest BCUT2D eigenvalue weighted by molar-refractivity contribution is -0.116. The Morgan fingerprint density at radius 2 is 1.90 bits per heavy atom. The minimum Gasteiger partial charge on any atom is -0.373 e. The summed E-state index contributed by atoms with van der Waals surface area (Å²) in [6.45, 7) is 14.8. The van der Waals surface area contributed by atoms with Crippen LogP contribution in [0.3, 0.4) is 0 Å². The zero-order valence-corrected chi connectivity index (χ0v) is 21.7. The third kappa shape index (κ3) is 7.05. The van der Waals surface area contributed by atoms with E-state index in [1.54, 1.807) is 0 Å². The van der Waals surface area contributed by atoms with Crippen LogP contribution in [0.1, 0.15) is 52.5 Å². The fourth-order valence-electron chi connectivity index (χ4n) is 4.29. The van der Waals surface area contributed by atoms with E-state index in [1.807, 2.05) is 18.2 Å². The molecule has 2 aliphatic rings. The van der Waals surface area contributed by atoms with Gasteiger partial charge in [-0.15, -0.1) is 24.0 Å². The number of nitrogens with zero attached hydrogens (tertiary/aromatic N) is 2. The first kappa shape index (κ1) is 25.9. The number of benzene rings is 1. The molecule has 0 aromatic heterocycles. The molecule has 3 rings (SSSR count). The van der Waals surface area contributed by atoms with Gasteiger partial charge in [0.15, 0.2) is 5.96 Å². The number of nitrogens with one attached hydrogen (secondary N) is 3. The molecule has 0 aliphatic carbocycles. The Morgan fingerprint density at radius 1 is 1.23 bits per heavy atom. The van der Waals surface area contributed by atoms with Gasteiger partial charge in [-0.2, -0.15) is 0 Å². The minimum atomic E-state index is -0.0635. The minimum absolute atomic E-state index is 0. The Bertz CT molecular complexity index is 760. The average molecular weight is 543 g/mol. The number of aliphatic imine (C=N–C) groups is 1. The van der Waals surface area contributed by atoms with Gasteiger partial charge in [-0.05, 0) is 46.2 Å². The molecule has 3 atom stereocenters. The molecule has 8 heteroatoms. The van der Waals surface area contributed by atoms with Crippen molar-refractivity contribution in [2.75, 3.05) is 38.0 Å². The second-order valence-corrected chi connectivity index (χ2v) is 9.09. The Morgan fingerprint density at radius 3 is 2.58 bits per heavy atom. The highest BCUT2D eigenvalue weighted by atomic mass is 127. The fraction of sp³-hybridized carbons (Fsp3) is 0.652. The van der Waals surface area contributed by atoms with Crippen LogP contribution >= 0.6 is 24.0 Å². The maximum atomic E-state index is 12.1. The largest absolute Gasteiger partial charge is 0.373 e. The van der Waals surface area contributed by atoms with Crippen LogP contribution in [-0.2, 0) is 9.53 Å². The number of guanidine groups is 1. The standard InChI is InChI=1S/C23H37N5O2.HI/c1-6-24-22(26-15-23(4,5)28-13-16(2)30-17(3)14-28)25-12-18-11-21(29)27-20-10-8-7-9-19(18)20;/h7-10,16-18H,6,11-15H2,1-5H3,(H,27,29)(H2,24,25,26);1H. The van der Waals surface area contributed by atoms with Crippen LogP contribution in [0, 0.1) is 0 Å². The van der Waals surface area contributed by atoms with Crippen LogP contribution in [0.15, 0.2) is 29.3 Å². The van der Waals surface area contributed by atoms with Crippen LogP contribution in [0.4, 0.5) is 5.69 Å². The summed E-state index contributed by atoms with van der Waals surface area (Å²) >= 11 is 0. The summed E-state index contributed by atoms with van der Waals surface area (Å²) in [4.78, 5) is 19.4. The molecule has 3 N–H and O–H groups in total. The topological polar surface area (TPSA) is 78.0 Å². The van der Waals surface area contributed by atoms with Crippen molar-refractivity contribution in [2.24, 2.45) is 4.99 Å². The quantitative estimate of drug-likeness (QED) is 0.292. The number of ether oxygens (including phenoxy) is 1. The lowest BCUT2D eigenvalue weighted by Crippen LogP contribution is -2.56. The third-order valence-corrected chi connectivity index (χ3v) is 5.87. The van der Waals surface area contributed by atoms with E-state index in [9.17, 15) is 4.79 Å². The molecule has 0 bridgehead atoms. The second-order valence-electron chi connectivity index (χ2n) is 9.09. The summed E-state index contributed by atoms with van der Waals surface area (Å²) in [5.74, 6) is 0.996. The highest BCUT2D eigenvalue weighted by Crippen LogP contribution is 2.31. The van der Waals surface area contributed by atoms with Crippen LogP contribution in [0.2, 0.25) is 0 Å². The van der Waals surface area contributed by atoms with Crippen molar-refractivity contribution in [1.29, 1.82) is 0 Å². The number of para-hydroxylation sites is 1. The Kier molecular flexibility index (Phi) is 9.57. The van der Waals surface area contributed by atoms with E-state index in [0.717, 1.165) is 31.3 Å². The van der Waals surface area contributed by atoms with Crippen LogP contribution < -0.4 is 16.0 Å². The van der Waals surface area contributed by atoms with Crippen molar-refractivity contribution in [1.82, 2.24) is 15.5 Å². The molecular weight excluding hydrogens is 505 g/mol. The van der Waals surface area contributed by atoms with Gasteiger partial charge in [-0.1, -0.05) is 18.2 Å². The molecule has 1 aromatic rings. The number of anilines is 1. The lowest BCUT2D eigenvalue weighted by Gasteiger charge is -2.44. The molecule has 2 aliphatic heterocycles. The highest BCUT2D eigenvalue weighted by Gasteiger charge is 2.33. The number of morpholine rings is 1. The van der Waals surface area contributed by atoms with Gasteiger partial charge in [-0.25, -0.2) is 0 Å². The first-order valence-corrected chi connectivity index (χ1v) is 11.1. The predicted molar refractivity (Wildman–Crippen MR) is 137 cm³/mol. The van der Waals surface area contributed by atoms with E-state index < -0.39 is 0 Å². The van der Waals surface area contributed by atoms with Gasteiger partial charge in [0.1, 0.15) is 0 Å². The first-order valence-electron chi connectivity index (χ1n) is 11.1. The molecule has 3 unspecified atom stereocenters. The molecule has 174 valence electrons. The van der Waals surface area contributed by atoms with E-state index in [1.165, 1.54) is 5.56 Å². The van der Waals surface area contributed by atoms with E-state index >= 15 is 0 Å². The number of amides is 1. The van der Waals surface area contributed by atoms with Gasteiger partial charge in [-0.3, -0.25) is 14.7 Å². The van der Waals surface area contributed by atoms with E-state index in [4.69, 9.17) is 9.73 Å². The average Bonchev–Trinajstić information content (AvgIpc) is 2.69. The van der Waals surface area contributed by atoms with E-state index in [0.29, 0.717) is 19.5 Å². The van der Waals surface area contributed by atoms with Crippen molar-refractivity contribution in [3.63, 3.8) is 0 Å². The Hall–Kier alpha value is -1.39. The summed E-state index contributed by atoms with van der Waals surface area (Å²) < 4.78 is 5.88. The normalized spacial score (nSPS) is 24.6. The van der Waals surface area contributed by atoms with Crippen LogP contribution in [-0.4, -0.2) is 67.2 Å². The van der Waals surface area contributed by atoms with Crippen molar-refractivity contribution >= 4 is 41.5 Å². The number of rotatable bonds is 6. The summed E-state index contributed by atoms with van der Waals surface area (Å²) in [5, 5.41) is 9.77. The third-order valence-electron chi connectivity index (χ3n) is 5.87. The van der Waals surface area contributed by atoms with Crippen molar-refractivity contribution in [2.45, 2.75) is 64.7 Å². The zero-order chi connectivity index (χ0) is 21.7. The monoisotopic (exact) mass is 543 g/mol. The summed E-state index contributed by atoms with van der Waals surface area (Å²) in [7, 11) is 0. The smallest absolute Gasteiger partial charge is 0.225 e. The van der Waals surface area contributed by atoms with E-state index in [2.05, 4.69) is 61.5 Å². The van der Waals surface area contributed by atoms with Crippen molar-refractivity contribution in [3.05, 3.63) is 29.8 Å². The van der Waals surface area contributed by atoms with Crippen LogP contribution in [0.25, 0.3) is 0 Å². The van der Waals surface area contributed by atoms with Gasteiger partial charge in [0, 0.05) is 49.7 Å². The summed E-state index contributed by atoms with van der Waals surface area (Å²) in [6.07, 6.45) is 0.958. The maximum Gasteiger partial charge on any atom is 0.225 e. The number of carbonyl (C=O) groups is 1. The molecule has 0 radical (unpaired) electrons. The van der Waals surface area contributed by atoms with Gasteiger partial charge >= 0.3 is 0 Å². The highest BCUT2D eigenvalue weighted by molar-refractivity contribution is 14.0. The Labute approximate surface area is 203 Å². The maximum absolute atomic E-state index is 12.1. The molecule has 1 amide bonds. The van der Waals surface area contributed by atoms with Crippen molar-refractivity contribution in [3.8, 4) is 0 Å². The van der Waals surface area contributed by atoms with E-state index in [-0.39, 0.29) is 53.5 Å². The molecule has 31 heavy (non-hydrogen) atoms. The summed E-state index contributed by atoms with van der Waals surface area (Å²) in [5.41, 5.74) is 2.03. The van der Waals surface area contributed by atoms with Crippen LogP contribution in [0.5, 0.6) is 0 Å². The van der Waals surface area contributed by atoms with Gasteiger partial charge in [0.2, 0.25) is 5.91 Å². The second kappa shape index (κ2) is 11.5. The predicted octanol–water partition coefficient (Wildman–Crippen LogP) is 3.17. The molecular formula is C23H38IN5O2. The van der Waals surface area contributed by atoms with Crippen molar-refractivity contribution < 1.29 is 9.53 Å². The molecule has 1 aromatic carbocycles. The number of fused-ring (bicyclic) bond motifs is 1. The Balaban J connectivity index is 0.00000341. The SMILES string of the molecule is CCNC(=NCC(C)(C)N1CC(C)OC(C)C1)NCC1CC(=O)Nc2ccccc21.I. The number of hydrogen-bond acceptors (Lipinski definition) is 4. The molecule has 2 heterocycles. The molecule has 1 saturated heterocycles. The zero-order valence-electron chi connectivity index (χ0n) is 19.4. The number of hydrogen-bond donors (Lipinski definition) is 3. The molecule has 0 saturated carbocycles. The molecule has 0 spiro atoms. The fourth-order valence-corrected chi connectivity index (χ4v) is 4.29. The lowest BCUT2D eigenvalue weighted by atomic mass is 9.90. The summed E-state index contributed by atoms with van der Waals surface area (Å²) in [6, 6.07) is 8.03. The van der Waals surface area contributed by atoms with Gasteiger partial charge in [0.05, 0.1) is 18.8 Å². The molecule has 1 fully saturated rings. The molecule has 7 nitrogen and oxygen atoms in total. The first-order chi connectivity index (χ1) is 14.3. The number of carbonyl (C=O) groups excluding carboxylic acids is 1. The van der Waals surface area contributed by atoms with Gasteiger partial charge < -0.3 is 20.7 Å².